The van der Waals surface area contributed by atoms with Crippen LogP contribution in [0.25, 0.3) is 17.3 Å². The van der Waals surface area contributed by atoms with E-state index in [4.69, 9.17) is 9.52 Å². The van der Waals surface area contributed by atoms with Crippen LogP contribution in [0, 0.1) is 12.8 Å². The van der Waals surface area contributed by atoms with Gasteiger partial charge in [0.25, 0.3) is 11.8 Å². The number of benzene rings is 1. The van der Waals surface area contributed by atoms with Crippen LogP contribution in [0.4, 0.5) is 0 Å². The highest BCUT2D eigenvalue weighted by Crippen LogP contribution is 2.23. The van der Waals surface area contributed by atoms with Crippen molar-refractivity contribution in [3.63, 3.8) is 0 Å². The molecule has 0 saturated heterocycles. The second kappa shape index (κ2) is 9.73. The standard InChI is InChI=1S/C24H31N5O2/c1-7-28(15-17(4)5)24(30)19-9-8-10-20(13-19)29-21(12-11-16(2)3)14-22(27-29)23-26-25-18(6)31-23/h8-10,13-14,16H,4,7,11-12,15H2,1-3,5-6H3. The normalized spacial score (nSPS) is 11.2. The fourth-order valence-electron chi connectivity index (χ4n) is 3.37. The molecule has 7 heteroatoms. The summed E-state index contributed by atoms with van der Waals surface area (Å²) >= 11 is 0. The van der Waals surface area contributed by atoms with Crippen molar-refractivity contribution in [3.05, 3.63) is 59.6 Å². The van der Waals surface area contributed by atoms with E-state index in [9.17, 15) is 4.79 Å². The van der Waals surface area contributed by atoms with Gasteiger partial charge in [0, 0.05) is 31.3 Å². The summed E-state index contributed by atoms with van der Waals surface area (Å²) in [7, 11) is 0. The van der Waals surface area contributed by atoms with E-state index in [0.29, 0.717) is 42.0 Å². The van der Waals surface area contributed by atoms with Crippen molar-refractivity contribution in [1.29, 1.82) is 0 Å². The molecule has 0 spiro atoms. The number of amides is 1. The third kappa shape index (κ3) is 5.48. The number of likely N-dealkylation sites (N-methyl/N-ethyl adjacent to an activating group) is 1. The smallest absolute Gasteiger partial charge is 0.268 e. The maximum absolute atomic E-state index is 13.0. The Labute approximate surface area is 183 Å². The molecule has 3 rings (SSSR count). The van der Waals surface area contributed by atoms with Crippen LogP contribution < -0.4 is 0 Å². The van der Waals surface area contributed by atoms with Crippen LogP contribution >= 0.6 is 0 Å². The van der Waals surface area contributed by atoms with Crippen molar-refractivity contribution in [2.24, 2.45) is 5.92 Å². The fraction of sp³-hybridized carbons (Fsp3) is 0.417. The predicted molar refractivity (Wildman–Crippen MR) is 121 cm³/mol. The van der Waals surface area contributed by atoms with Crippen molar-refractivity contribution >= 4 is 5.91 Å². The molecule has 164 valence electrons. The molecule has 1 amide bonds. The van der Waals surface area contributed by atoms with Gasteiger partial charge < -0.3 is 9.32 Å². The Hall–Kier alpha value is -3.22. The molecule has 0 aliphatic rings. The van der Waals surface area contributed by atoms with Crippen molar-refractivity contribution in [3.8, 4) is 17.3 Å². The van der Waals surface area contributed by atoms with E-state index < -0.39 is 0 Å². The van der Waals surface area contributed by atoms with Gasteiger partial charge in [-0.3, -0.25) is 4.79 Å². The van der Waals surface area contributed by atoms with Gasteiger partial charge in [0.15, 0.2) is 0 Å². The lowest BCUT2D eigenvalue weighted by Gasteiger charge is -2.21. The Kier molecular flexibility index (Phi) is 7.05. The molecule has 0 atom stereocenters. The van der Waals surface area contributed by atoms with Crippen molar-refractivity contribution in [2.45, 2.75) is 47.5 Å². The fourth-order valence-corrected chi connectivity index (χ4v) is 3.37. The molecule has 1 aromatic carbocycles. The SMILES string of the molecule is C=C(C)CN(CC)C(=O)c1cccc(-n2nc(-c3nnc(C)o3)cc2CCC(C)C)c1. The highest BCUT2D eigenvalue weighted by atomic mass is 16.4. The average Bonchev–Trinajstić information content (AvgIpc) is 3.36. The van der Waals surface area contributed by atoms with Gasteiger partial charge in [0.1, 0.15) is 5.69 Å². The maximum Gasteiger partial charge on any atom is 0.268 e. The number of aryl methyl sites for hydroxylation is 2. The van der Waals surface area contributed by atoms with Crippen LogP contribution in [-0.4, -0.2) is 43.9 Å². The highest BCUT2D eigenvalue weighted by molar-refractivity contribution is 5.94. The third-order valence-electron chi connectivity index (χ3n) is 4.97. The number of hydrogen-bond acceptors (Lipinski definition) is 5. The minimum atomic E-state index is -0.0176. The van der Waals surface area contributed by atoms with Crippen LogP contribution in [0.3, 0.4) is 0 Å². The van der Waals surface area contributed by atoms with Gasteiger partial charge in [-0.1, -0.05) is 32.1 Å². The van der Waals surface area contributed by atoms with E-state index in [1.807, 2.05) is 48.9 Å². The van der Waals surface area contributed by atoms with Crippen molar-refractivity contribution in [1.82, 2.24) is 24.9 Å². The second-order valence-electron chi connectivity index (χ2n) is 8.32. The van der Waals surface area contributed by atoms with Crippen LogP contribution in [0.15, 0.2) is 46.9 Å². The van der Waals surface area contributed by atoms with Crippen LogP contribution in [0.2, 0.25) is 0 Å². The summed E-state index contributed by atoms with van der Waals surface area (Å²) in [4.78, 5) is 14.8. The largest absolute Gasteiger partial charge is 0.420 e. The molecule has 3 aromatic rings. The van der Waals surface area contributed by atoms with E-state index in [1.165, 1.54) is 0 Å². The van der Waals surface area contributed by atoms with Crippen LogP contribution in [-0.2, 0) is 6.42 Å². The Morgan fingerprint density at radius 2 is 2.03 bits per heavy atom. The lowest BCUT2D eigenvalue weighted by atomic mass is 10.1. The first kappa shape index (κ1) is 22.5. The second-order valence-corrected chi connectivity index (χ2v) is 8.32. The lowest BCUT2D eigenvalue weighted by Crippen LogP contribution is -2.32. The zero-order chi connectivity index (χ0) is 22.5. The Bertz CT molecular complexity index is 1060. The van der Waals surface area contributed by atoms with Gasteiger partial charge in [-0.2, -0.15) is 5.10 Å². The van der Waals surface area contributed by atoms with Gasteiger partial charge in [-0.05, 0) is 56.9 Å². The molecular formula is C24H31N5O2. The molecule has 0 aliphatic heterocycles. The molecular weight excluding hydrogens is 390 g/mol. The summed E-state index contributed by atoms with van der Waals surface area (Å²) in [5.74, 6) is 1.44. The number of hydrogen-bond donors (Lipinski definition) is 0. The van der Waals surface area contributed by atoms with E-state index in [1.54, 1.807) is 11.8 Å². The minimum absolute atomic E-state index is 0.0176. The quantitative estimate of drug-likeness (QED) is 0.461. The third-order valence-corrected chi connectivity index (χ3v) is 4.97. The molecule has 2 heterocycles. The van der Waals surface area contributed by atoms with Gasteiger partial charge in [-0.25, -0.2) is 4.68 Å². The number of nitrogens with zero attached hydrogens (tertiary/aromatic N) is 5. The maximum atomic E-state index is 13.0. The average molecular weight is 422 g/mol. The first-order chi connectivity index (χ1) is 14.8. The lowest BCUT2D eigenvalue weighted by molar-refractivity contribution is 0.0778. The Morgan fingerprint density at radius 1 is 1.26 bits per heavy atom. The molecule has 0 saturated carbocycles. The zero-order valence-electron chi connectivity index (χ0n) is 19.1. The monoisotopic (exact) mass is 421 g/mol. The predicted octanol–water partition coefficient (Wildman–Crippen LogP) is 4.86. The number of carbonyl (C=O) groups excluding carboxylic acids is 1. The summed E-state index contributed by atoms with van der Waals surface area (Å²) in [5, 5.41) is 12.8. The number of carbonyl (C=O) groups is 1. The van der Waals surface area contributed by atoms with Gasteiger partial charge in [0.2, 0.25) is 5.89 Å². The Balaban J connectivity index is 1.99. The summed E-state index contributed by atoms with van der Waals surface area (Å²) in [5.41, 5.74) is 4.08. The zero-order valence-corrected chi connectivity index (χ0v) is 19.1. The molecule has 0 N–H and O–H groups in total. The molecule has 0 bridgehead atoms. The van der Waals surface area contributed by atoms with Crippen molar-refractivity contribution < 1.29 is 9.21 Å². The summed E-state index contributed by atoms with van der Waals surface area (Å²) in [6, 6.07) is 9.57. The minimum Gasteiger partial charge on any atom is -0.420 e. The molecule has 0 radical (unpaired) electrons. The van der Waals surface area contributed by atoms with Gasteiger partial charge in [-0.15, -0.1) is 10.2 Å². The van der Waals surface area contributed by atoms with E-state index in [-0.39, 0.29) is 5.91 Å². The molecule has 0 aliphatic carbocycles. The highest BCUT2D eigenvalue weighted by Gasteiger charge is 2.18. The first-order valence-corrected chi connectivity index (χ1v) is 10.7. The van der Waals surface area contributed by atoms with Gasteiger partial charge >= 0.3 is 0 Å². The number of rotatable bonds is 9. The van der Waals surface area contributed by atoms with Crippen LogP contribution in [0.1, 0.15) is 56.1 Å². The van der Waals surface area contributed by atoms with Gasteiger partial charge in [0.05, 0.1) is 5.69 Å². The summed E-state index contributed by atoms with van der Waals surface area (Å²) in [6.45, 7) is 15.2. The van der Waals surface area contributed by atoms with E-state index in [0.717, 1.165) is 29.8 Å². The molecule has 0 unspecified atom stereocenters. The molecule has 31 heavy (non-hydrogen) atoms. The Morgan fingerprint density at radius 3 is 2.65 bits per heavy atom. The van der Waals surface area contributed by atoms with E-state index >= 15 is 0 Å². The summed E-state index contributed by atoms with van der Waals surface area (Å²) in [6.07, 6.45) is 1.88. The van der Waals surface area contributed by atoms with Crippen molar-refractivity contribution in [2.75, 3.05) is 13.1 Å². The number of aromatic nitrogens is 4. The van der Waals surface area contributed by atoms with Crippen LogP contribution in [0.5, 0.6) is 0 Å². The molecule has 7 nitrogen and oxygen atoms in total. The molecule has 2 aromatic heterocycles. The van der Waals surface area contributed by atoms with E-state index in [2.05, 4.69) is 30.6 Å². The summed E-state index contributed by atoms with van der Waals surface area (Å²) < 4.78 is 7.46. The first-order valence-electron chi connectivity index (χ1n) is 10.7. The molecule has 0 fully saturated rings. The topological polar surface area (TPSA) is 77.1 Å².